The van der Waals surface area contributed by atoms with Crippen molar-refractivity contribution in [3.05, 3.63) is 24.1 Å². The third kappa shape index (κ3) is 2.82. The Morgan fingerprint density at radius 3 is 2.56 bits per heavy atom. The Hall–Kier alpha value is -1.54. The van der Waals surface area contributed by atoms with Gasteiger partial charge in [0.25, 0.3) is 5.22 Å². The smallest absolute Gasteiger partial charge is 0.281 e. The van der Waals surface area contributed by atoms with Crippen LogP contribution < -0.4 is 5.73 Å². The van der Waals surface area contributed by atoms with E-state index < -0.39 is 9.84 Å². The number of sulfone groups is 1. The lowest BCUT2D eigenvalue weighted by Gasteiger charge is -2.04. The molecule has 0 spiro atoms. The van der Waals surface area contributed by atoms with Gasteiger partial charge in [-0.3, -0.25) is 0 Å². The van der Waals surface area contributed by atoms with Crippen molar-refractivity contribution in [2.24, 2.45) is 0 Å². The van der Waals surface area contributed by atoms with E-state index in [-0.39, 0.29) is 4.90 Å². The fourth-order valence-electron chi connectivity index (χ4n) is 1.26. The van der Waals surface area contributed by atoms with Crippen LogP contribution in [0.3, 0.4) is 0 Å². The quantitative estimate of drug-likeness (QED) is 0.853. The first-order valence-corrected chi connectivity index (χ1v) is 7.64. The van der Waals surface area contributed by atoms with E-state index in [0.29, 0.717) is 21.7 Å². The normalized spacial score (nSPS) is 11.7. The molecule has 18 heavy (non-hydrogen) atoms. The Morgan fingerprint density at radius 2 is 2.06 bits per heavy atom. The molecule has 2 rings (SSSR count). The summed E-state index contributed by atoms with van der Waals surface area (Å²) in [5, 5.41) is 7.89. The minimum absolute atomic E-state index is 0.186. The van der Waals surface area contributed by atoms with Gasteiger partial charge in [0.15, 0.2) is 9.84 Å². The number of anilines is 1. The molecule has 0 saturated carbocycles. The molecule has 0 aliphatic heterocycles. The maximum atomic E-state index is 11.4. The lowest BCUT2D eigenvalue weighted by atomic mass is 10.3. The molecule has 2 aromatic rings. The zero-order valence-corrected chi connectivity index (χ0v) is 11.4. The van der Waals surface area contributed by atoms with Crippen LogP contribution in [0.2, 0.25) is 0 Å². The number of hydrogen-bond acceptors (Lipinski definition) is 7. The van der Waals surface area contributed by atoms with E-state index in [1.54, 1.807) is 13.0 Å². The molecule has 1 aromatic carbocycles. The van der Waals surface area contributed by atoms with Gasteiger partial charge in [0.05, 0.1) is 4.90 Å². The maximum absolute atomic E-state index is 11.4. The van der Waals surface area contributed by atoms with Crippen LogP contribution in [-0.4, -0.2) is 24.9 Å². The first kappa shape index (κ1) is 12.9. The number of nitrogens with zero attached hydrogens (tertiary/aromatic N) is 2. The number of aromatic nitrogens is 2. The minimum atomic E-state index is -3.25. The molecule has 0 fully saturated rings. The van der Waals surface area contributed by atoms with Crippen LogP contribution in [-0.2, 0) is 9.84 Å². The SMILES string of the molecule is Cc1nnc(Sc2ccc(S(C)(=O)=O)cc2N)o1. The molecule has 2 N–H and O–H groups in total. The number of hydrogen-bond donors (Lipinski definition) is 1. The van der Waals surface area contributed by atoms with E-state index in [1.807, 2.05) is 0 Å². The van der Waals surface area contributed by atoms with Crippen LogP contribution in [0.5, 0.6) is 0 Å². The molecule has 0 atom stereocenters. The van der Waals surface area contributed by atoms with Gasteiger partial charge in [-0.2, -0.15) is 0 Å². The number of rotatable bonds is 3. The highest BCUT2D eigenvalue weighted by atomic mass is 32.2. The van der Waals surface area contributed by atoms with Crippen molar-refractivity contribution in [1.82, 2.24) is 10.2 Å². The van der Waals surface area contributed by atoms with Gasteiger partial charge in [0.1, 0.15) is 0 Å². The maximum Gasteiger partial charge on any atom is 0.281 e. The Labute approximate surface area is 109 Å². The van der Waals surface area contributed by atoms with E-state index in [2.05, 4.69) is 10.2 Å². The number of nitrogen functional groups attached to an aromatic ring is 1. The summed E-state index contributed by atoms with van der Waals surface area (Å²) in [5.41, 5.74) is 6.16. The summed E-state index contributed by atoms with van der Waals surface area (Å²) in [5.74, 6) is 0.462. The molecule has 0 unspecified atom stereocenters. The van der Waals surface area contributed by atoms with Gasteiger partial charge in [-0.05, 0) is 30.0 Å². The van der Waals surface area contributed by atoms with E-state index >= 15 is 0 Å². The van der Waals surface area contributed by atoms with Gasteiger partial charge in [-0.15, -0.1) is 10.2 Å². The van der Waals surface area contributed by atoms with Crippen LogP contribution in [0.25, 0.3) is 0 Å². The Bertz CT molecular complexity index is 679. The molecule has 1 heterocycles. The molecule has 8 heteroatoms. The molecule has 0 radical (unpaired) electrons. The second kappa shape index (κ2) is 4.62. The van der Waals surface area contributed by atoms with Crippen molar-refractivity contribution in [1.29, 1.82) is 0 Å². The molecule has 6 nitrogen and oxygen atoms in total. The van der Waals surface area contributed by atoms with E-state index in [0.717, 1.165) is 6.26 Å². The summed E-state index contributed by atoms with van der Waals surface area (Å²) < 4.78 is 27.9. The minimum Gasteiger partial charge on any atom is -0.416 e. The predicted octanol–water partition coefficient (Wildman–Crippen LogP) is 1.51. The zero-order valence-electron chi connectivity index (χ0n) is 9.75. The van der Waals surface area contributed by atoms with Crippen molar-refractivity contribution < 1.29 is 12.8 Å². The van der Waals surface area contributed by atoms with Crippen molar-refractivity contribution in [3.8, 4) is 0 Å². The highest BCUT2D eigenvalue weighted by Gasteiger charge is 2.12. The van der Waals surface area contributed by atoms with Crippen LogP contribution in [0.1, 0.15) is 5.89 Å². The predicted molar refractivity (Wildman–Crippen MR) is 67.1 cm³/mol. The summed E-state index contributed by atoms with van der Waals surface area (Å²) in [6.45, 7) is 1.69. The Kier molecular flexibility index (Phi) is 3.31. The van der Waals surface area contributed by atoms with Crippen LogP contribution in [0.4, 0.5) is 5.69 Å². The summed E-state index contributed by atoms with van der Waals surface area (Å²) in [7, 11) is -3.25. The third-order valence-electron chi connectivity index (χ3n) is 2.11. The Morgan fingerprint density at radius 1 is 1.33 bits per heavy atom. The topological polar surface area (TPSA) is 99.1 Å². The first-order chi connectivity index (χ1) is 8.36. The third-order valence-corrected chi connectivity index (χ3v) is 4.16. The summed E-state index contributed by atoms with van der Waals surface area (Å²) in [6, 6.07) is 4.54. The van der Waals surface area contributed by atoms with Gasteiger partial charge in [-0.25, -0.2) is 8.42 Å². The van der Waals surface area contributed by atoms with E-state index in [9.17, 15) is 8.42 Å². The van der Waals surface area contributed by atoms with Crippen LogP contribution in [0, 0.1) is 6.92 Å². The van der Waals surface area contributed by atoms with E-state index in [1.165, 1.54) is 23.9 Å². The van der Waals surface area contributed by atoms with Crippen molar-refractivity contribution in [2.45, 2.75) is 21.9 Å². The van der Waals surface area contributed by atoms with Gasteiger partial charge >= 0.3 is 0 Å². The largest absolute Gasteiger partial charge is 0.416 e. The molecular weight excluding hydrogens is 274 g/mol. The molecule has 0 saturated heterocycles. The summed E-state index contributed by atoms with van der Waals surface area (Å²) in [4.78, 5) is 0.858. The fourth-order valence-corrected chi connectivity index (χ4v) is 2.67. The molecule has 0 bridgehead atoms. The van der Waals surface area contributed by atoms with Crippen molar-refractivity contribution in [2.75, 3.05) is 12.0 Å². The van der Waals surface area contributed by atoms with Crippen molar-refractivity contribution in [3.63, 3.8) is 0 Å². The molecule has 0 aliphatic rings. The fraction of sp³-hybridized carbons (Fsp3) is 0.200. The van der Waals surface area contributed by atoms with Crippen molar-refractivity contribution >= 4 is 27.3 Å². The highest BCUT2D eigenvalue weighted by molar-refractivity contribution is 7.99. The number of aryl methyl sites for hydroxylation is 1. The summed E-state index contributed by atoms with van der Waals surface area (Å²) in [6.07, 6.45) is 1.13. The first-order valence-electron chi connectivity index (χ1n) is 4.94. The van der Waals surface area contributed by atoms with Gasteiger partial charge in [-0.1, -0.05) is 0 Å². The van der Waals surface area contributed by atoms with Gasteiger partial charge in [0, 0.05) is 23.8 Å². The monoisotopic (exact) mass is 285 g/mol. The molecular formula is C10H11N3O3S2. The number of nitrogens with two attached hydrogens (primary N) is 1. The second-order valence-corrected chi connectivity index (χ2v) is 6.67. The molecule has 96 valence electrons. The highest BCUT2D eigenvalue weighted by Crippen LogP contribution is 2.32. The molecule has 0 amide bonds. The lowest BCUT2D eigenvalue weighted by Crippen LogP contribution is -1.99. The van der Waals surface area contributed by atoms with Gasteiger partial charge < -0.3 is 10.2 Å². The molecule has 1 aromatic heterocycles. The Balaban J connectivity index is 2.31. The van der Waals surface area contributed by atoms with Crippen LogP contribution in [0.15, 0.2) is 37.6 Å². The lowest BCUT2D eigenvalue weighted by molar-refractivity contribution is 0.429. The van der Waals surface area contributed by atoms with Gasteiger partial charge in [0.2, 0.25) is 5.89 Å². The average Bonchev–Trinajstić information content (AvgIpc) is 2.65. The summed E-state index contributed by atoms with van der Waals surface area (Å²) >= 11 is 1.19. The molecule has 0 aliphatic carbocycles. The van der Waals surface area contributed by atoms with E-state index in [4.69, 9.17) is 10.2 Å². The average molecular weight is 285 g/mol. The number of benzene rings is 1. The standard InChI is InChI=1S/C10H11N3O3S2/c1-6-12-13-10(16-6)17-9-4-3-7(5-8(9)11)18(2,14)15/h3-5H,11H2,1-2H3. The van der Waals surface area contributed by atoms with Crippen LogP contribution >= 0.6 is 11.8 Å². The zero-order chi connectivity index (χ0) is 13.3. The second-order valence-electron chi connectivity index (χ2n) is 3.66.